The molecule has 0 unspecified atom stereocenters. The van der Waals surface area contributed by atoms with Gasteiger partial charge in [-0.05, 0) is 24.3 Å². The van der Waals surface area contributed by atoms with Gasteiger partial charge in [-0.3, -0.25) is 0 Å². The van der Waals surface area contributed by atoms with Gasteiger partial charge in [-0.1, -0.05) is 18.2 Å². The fourth-order valence-corrected chi connectivity index (χ4v) is 1.61. The van der Waals surface area contributed by atoms with Crippen molar-refractivity contribution < 1.29 is 22.7 Å². The summed E-state index contributed by atoms with van der Waals surface area (Å²) in [4.78, 5) is 0. The topological polar surface area (TPSA) is 20.2 Å². The monoisotopic (exact) mass is 256 g/mol. The molecule has 0 aliphatic carbocycles. The second-order valence-electron chi connectivity index (χ2n) is 3.71. The zero-order valence-corrected chi connectivity index (χ0v) is 9.00. The maximum absolute atomic E-state index is 13.5. The molecular weight excluding hydrogens is 248 g/mol. The Morgan fingerprint density at radius 3 is 2.17 bits per heavy atom. The minimum atomic E-state index is -4.53. The van der Waals surface area contributed by atoms with Gasteiger partial charge >= 0.3 is 6.18 Å². The normalized spacial score (nSPS) is 11.6. The molecule has 18 heavy (non-hydrogen) atoms. The number of hydrogen-bond donors (Lipinski definition) is 1. The number of phenolic OH excluding ortho intramolecular Hbond substituents is 1. The van der Waals surface area contributed by atoms with Crippen LogP contribution in [0, 0.1) is 5.82 Å². The SMILES string of the molecule is Oc1ccc(C(F)(F)F)cc1-c1ccccc1F. The summed E-state index contributed by atoms with van der Waals surface area (Å²) in [6, 6.07) is 7.72. The summed E-state index contributed by atoms with van der Waals surface area (Å²) in [6.07, 6.45) is -4.53. The molecule has 0 aromatic heterocycles. The Morgan fingerprint density at radius 1 is 0.889 bits per heavy atom. The lowest BCUT2D eigenvalue weighted by molar-refractivity contribution is -0.137. The van der Waals surface area contributed by atoms with Crippen molar-refractivity contribution in [1.82, 2.24) is 0 Å². The van der Waals surface area contributed by atoms with E-state index < -0.39 is 23.3 Å². The molecule has 0 fully saturated rings. The number of aromatic hydroxyl groups is 1. The summed E-state index contributed by atoms with van der Waals surface area (Å²) in [6.45, 7) is 0. The van der Waals surface area contributed by atoms with E-state index in [4.69, 9.17) is 0 Å². The third kappa shape index (κ3) is 2.30. The molecule has 0 saturated heterocycles. The van der Waals surface area contributed by atoms with Crippen LogP contribution in [0.15, 0.2) is 42.5 Å². The zero-order chi connectivity index (χ0) is 13.3. The first-order chi connectivity index (χ1) is 8.39. The molecule has 0 aliphatic heterocycles. The summed E-state index contributed by atoms with van der Waals surface area (Å²) < 4.78 is 51.1. The van der Waals surface area contributed by atoms with E-state index >= 15 is 0 Å². The summed E-state index contributed by atoms with van der Waals surface area (Å²) in [5, 5.41) is 9.54. The molecule has 0 amide bonds. The molecule has 0 atom stereocenters. The number of rotatable bonds is 1. The molecule has 5 heteroatoms. The lowest BCUT2D eigenvalue weighted by atomic mass is 10.0. The third-order valence-corrected chi connectivity index (χ3v) is 2.49. The second kappa shape index (κ2) is 4.33. The standard InChI is InChI=1S/C13H8F4O/c14-11-4-2-1-3-9(11)10-7-8(13(15,16)17)5-6-12(10)18/h1-7,18H. The van der Waals surface area contributed by atoms with Crippen LogP contribution in [0.4, 0.5) is 17.6 Å². The summed E-state index contributed by atoms with van der Waals surface area (Å²) in [5.74, 6) is -1.08. The Kier molecular flexibility index (Phi) is 2.98. The summed E-state index contributed by atoms with van der Waals surface area (Å²) in [7, 11) is 0. The van der Waals surface area contributed by atoms with Gasteiger partial charge < -0.3 is 5.11 Å². The third-order valence-electron chi connectivity index (χ3n) is 2.49. The van der Waals surface area contributed by atoms with Crippen molar-refractivity contribution in [2.45, 2.75) is 6.18 Å². The van der Waals surface area contributed by atoms with Gasteiger partial charge in [-0.15, -0.1) is 0 Å². The Labute approximate surface area is 100 Å². The molecule has 94 valence electrons. The molecule has 0 radical (unpaired) electrons. The summed E-state index contributed by atoms with van der Waals surface area (Å²) in [5.41, 5.74) is -1.18. The fourth-order valence-electron chi connectivity index (χ4n) is 1.61. The van der Waals surface area contributed by atoms with Crippen LogP contribution in [0.2, 0.25) is 0 Å². The van der Waals surface area contributed by atoms with E-state index in [1.165, 1.54) is 18.2 Å². The van der Waals surface area contributed by atoms with Gasteiger partial charge in [0.05, 0.1) is 5.56 Å². The Bertz CT molecular complexity index is 575. The summed E-state index contributed by atoms with van der Waals surface area (Å²) >= 11 is 0. The number of benzene rings is 2. The highest BCUT2D eigenvalue weighted by molar-refractivity contribution is 5.71. The first-order valence-corrected chi connectivity index (χ1v) is 5.04. The Morgan fingerprint density at radius 2 is 1.56 bits per heavy atom. The van der Waals surface area contributed by atoms with Crippen LogP contribution in [0.1, 0.15) is 5.56 Å². The average molecular weight is 256 g/mol. The largest absolute Gasteiger partial charge is 0.507 e. The zero-order valence-electron chi connectivity index (χ0n) is 9.00. The molecule has 1 nitrogen and oxygen atoms in total. The number of halogens is 4. The molecule has 0 saturated carbocycles. The van der Waals surface area contributed by atoms with Crippen LogP contribution in [0.3, 0.4) is 0 Å². The van der Waals surface area contributed by atoms with Crippen molar-refractivity contribution >= 4 is 0 Å². The van der Waals surface area contributed by atoms with E-state index in [2.05, 4.69) is 0 Å². The van der Waals surface area contributed by atoms with Crippen LogP contribution in [-0.2, 0) is 6.18 Å². The molecule has 0 bridgehead atoms. The molecule has 0 aliphatic rings. The molecular formula is C13H8F4O. The molecule has 2 aromatic rings. The Balaban J connectivity index is 2.61. The lowest BCUT2D eigenvalue weighted by Crippen LogP contribution is -2.04. The number of alkyl halides is 3. The van der Waals surface area contributed by atoms with Crippen molar-refractivity contribution in [1.29, 1.82) is 0 Å². The molecule has 2 aromatic carbocycles. The van der Waals surface area contributed by atoms with E-state index in [1.807, 2.05) is 0 Å². The lowest BCUT2D eigenvalue weighted by Gasteiger charge is -2.11. The van der Waals surface area contributed by atoms with Gasteiger partial charge in [0.15, 0.2) is 0 Å². The first kappa shape index (κ1) is 12.4. The van der Waals surface area contributed by atoms with Crippen molar-refractivity contribution in [3.8, 4) is 16.9 Å². The molecule has 1 N–H and O–H groups in total. The number of phenols is 1. The van der Waals surface area contributed by atoms with E-state index in [0.29, 0.717) is 0 Å². The van der Waals surface area contributed by atoms with Gasteiger partial charge in [-0.25, -0.2) is 4.39 Å². The van der Waals surface area contributed by atoms with E-state index in [9.17, 15) is 22.7 Å². The van der Waals surface area contributed by atoms with Crippen molar-refractivity contribution in [3.05, 3.63) is 53.8 Å². The van der Waals surface area contributed by atoms with Crippen LogP contribution in [-0.4, -0.2) is 5.11 Å². The maximum atomic E-state index is 13.5. The molecule has 0 spiro atoms. The van der Waals surface area contributed by atoms with Gasteiger partial charge in [0.25, 0.3) is 0 Å². The van der Waals surface area contributed by atoms with E-state index in [-0.39, 0.29) is 11.1 Å². The van der Waals surface area contributed by atoms with Crippen LogP contribution in [0.5, 0.6) is 5.75 Å². The van der Waals surface area contributed by atoms with Crippen LogP contribution in [0.25, 0.3) is 11.1 Å². The van der Waals surface area contributed by atoms with Crippen molar-refractivity contribution in [2.75, 3.05) is 0 Å². The fraction of sp³-hybridized carbons (Fsp3) is 0.0769. The highest BCUT2D eigenvalue weighted by Crippen LogP contribution is 2.37. The van der Waals surface area contributed by atoms with E-state index in [0.717, 1.165) is 24.3 Å². The van der Waals surface area contributed by atoms with Gasteiger partial charge in [-0.2, -0.15) is 13.2 Å². The van der Waals surface area contributed by atoms with Gasteiger partial charge in [0.2, 0.25) is 0 Å². The molecule has 0 heterocycles. The average Bonchev–Trinajstić information content (AvgIpc) is 2.29. The highest BCUT2D eigenvalue weighted by atomic mass is 19.4. The Hall–Kier alpha value is -2.04. The number of hydrogen-bond acceptors (Lipinski definition) is 1. The van der Waals surface area contributed by atoms with Crippen molar-refractivity contribution in [2.24, 2.45) is 0 Å². The van der Waals surface area contributed by atoms with Crippen molar-refractivity contribution in [3.63, 3.8) is 0 Å². The quantitative estimate of drug-likeness (QED) is 0.757. The minimum absolute atomic E-state index is 0.0684. The van der Waals surface area contributed by atoms with Gasteiger partial charge in [0, 0.05) is 11.1 Å². The van der Waals surface area contributed by atoms with Crippen LogP contribution < -0.4 is 0 Å². The van der Waals surface area contributed by atoms with Gasteiger partial charge in [0.1, 0.15) is 11.6 Å². The second-order valence-corrected chi connectivity index (χ2v) is 3.71. The molecule has 2 rings (SSSR count). The highest BCUT2D eigenvalue weighted by Gasteiger charge is 2.31. The van der Waals surface area contributed by atoms with Crippen LogP contribution >= 0.6 is 0 Å². The first-order valence-electron chi connectivity index (χ1n) is 5.04. The smallest absolute Gasteiger partial charge is 0.416 e. The maximum Gasteiger partial charge on any atom is 0.416 e. The predicted octanol–water partition coefficient (Wildman–Crippen LogP) is 4.22. The predicted molar refractivity (Wildman–Crippen MR) is 58.5 cm³/mol. The minimum Gasteiger partial charge on any atom is -0.507 e. The van der Waals surface area contributed by atoms with E-state index in [1.54, 1.807) is 0 Å².